The monoisotopic (exact) mass is 321 g/mol. The van der Waals surface area contributed by atoms with Gasteiger partial charge in [-0.25, -0.2) is 9.38 Å². The molecule has 2 nitrogen and oxygen atoms in total. The maximum atomic E-state index is 14.0. The molecule has 1 saturated carbocycles. The first kappa shape index (κ1) is 15.3. The van der Waals surface area contributed by atoms with Crippen LogP contribution in [-0.4, -0.2) is 5.91 Å². The fourth-order valence-electron chi connectivity index (χ4n) is 4.20. The molecular formula is C21H20FNO. The van der Waals surface area contributed by atoms with Gasteiger partial charge in [0.15, 0.2) is 0 Å². The molecule has 1 amide bonds. The van der Waals surface area contributed by atoms with Crippen LogP contribution in [0.2, 0.25) is 0 Å². The topological polar surface area (TPSA) is 29.4 Å². The first-order valence-electron chi connectivity index (χ1n) is 8.62. The molecule has 1 fully saturated rings. The predicted molar refractivity (Wildman–Crippen MR) is 91.5 cm³/mol. The quantitative estimate of drug-likeness (QED) is 0.833. The van der Waals surface area contributed by atoms with E-state index >= 15 is 0 Å². The van der Waals surface area contributed by atoms with E-state index in [1.54, 1.807) is 13.0 Å². The van der Waals surface area contributed by atoms with Crippen LogP contribution >= 0.6 is 0 Å². The summed E-state index contributed by atoms with van der Waals surface area (Å²) >= 11 is 0. The number of hydrogen-bond donors (Lipinski definition) is 0. The summed E-state index contributed by atoms with van der Waals surface area (Å²) in [4.78, 5) is 16.6. The molecule has 1 heterocycles. The van der Waals surface area contributed by atoms with Crippen LogP contribution in [0.25, 0.3) is 5.57 Å². The largest absolute Gasteiger partial charge is 0.274 e. The van der Waals surface area contributed by atoms with E-state index in [-0.39, 0.29) is 17.6 Å². The fraction of sp³-hybridized carbons (Fsp3) is 0.333. The van der Waals surface area contributed by atoms with Crippen LogP contribution in [0.3, 0.4) is 0 Å². The Morgan fingerprint density at radius 2 is 1.62 bits per heavy atom. The first-order valence-corrected chi connectivity index (χ1v) is 8.62. The van der Waals surface area contributed by atoms with Crippen molar-refractivity contribution in [2.24, 2.45) is 10.9 Å². The Bertz CT molecular complexity index is 909. The highest BCUT2D eigenvalue weighted by atomic mass is 19.1. The van der Waals surface area contributed by atoms with E-state index in [9.17, 15) is 9.18 Å². The molecule has 0 radical (unpaired) electrons. The SMILES string of the molecule is Cc1c(F)ccc2c1=C(C1CCC(c3ccccc3)CC1)C(=O)N=2. The summed E-state index contributed by atoms with van der Waals surface area (Å²) in [5, 5.41) is 1.39. The molecule has 0 atom stereocenters. The smallest absolute Gasteiger partial charge is 0.267 e. The second kappa shape index (κ2) is 5.97. The molecule has 1 aliphatic carbocycles. The Hall–Kier alpha value is -2.29. The van der Waals surface area contributed by atoms with Gasteiger partial charge in [0.25, 0.3) is 5.91 Å². The molecular weight excluding hydrogens is 301 g/mol. The highest BCUT2D eigenvalue weighted by molar-refractivity contribution is 6.16. The van der Waals surface area contributed by atoms with Crippen molar-refractivity contribution in [3.8, 4) is 0 Å². The van der Waals surface area contributed by atoms with Crippen LogP contribution in [0.1, 0.15) is 42.7 Å². The maximum absolute atomic E-state index is 14.0. The third-order valence-corrected chi connectivity index (χ3v) is 5.51. The average Bonchev–Trinajstić information content (AvgIpc) is 2.96. The predicted octanol–water partition coefficient (Wildman–Crippen LogP) is 3.42. The number of halogens is 1. The standard InChI is InChI=1S/C21H20FNO/c1-13-17(22)11-12-18-19(13)20(21(24)23-18)16-9-7-15(8-10-16)14-5-3-2-4-6-14/h2-6,11-12,15-16H,7-10H2,1H3. The minimum atomic E-state index is -0.255. The molecule has 24 heavy (non-hydrogen) atoms. The van der Waals surface area contributed by atoms with E-state index in [1.165, 1.54) is 11.6 Å². The van der Waals surface area contributed by atoms with Crippen molar-refractivity contribution < 1.29 is 9.18 Å². The molecule has 0 spiro atoms. The minimum absolute atomic E-state index is 0.165. The number of carbonyl (C=O) groups excluding carboxylic acids is 1. The van der Waals surface area contributed by atoms with E-state index < -0.39 is 0 Å². The van der Waals surface area contributed by atoms with Gasteiger partial charge in [0.05, 0.1) is 5.36 Å². The molecule has 4 rings (SSSR count). The zero-order chi connectivity index (χ0) is 16.7. The van der Waals surface area contributed by atoms with Gasteiger partial charge in [-0.05, 0) is 67.7 Å². The lowest BCUT2D eigenvalue weighted by Crippen LogP contribution is -2.30. The molecule has 3 heteroatoms. The number of fused-ring (bicyclic) bond motifs is 1. The van der Waals surface area contributed by atoms with Gasteiger partial charge < -0.3 is 0 Å². The summed E-state index contributed by atoms with van der Waals surface area (Å²) in [5.41, 5.74) is 2.68. The third-order valence-electron chi connectivity index (χ3n) is 5.51. The van der Waals surface area contributed by atoms with Crippen molar-refractivity contribution in [2.45, 2.75) is 38.5 Å². The molecule has 0 N–H and O–H groups in total. The number of benzene rings is 2. The molecule has 1 aliphatic heterocycles. The highest BCUT2D eigenvalue weighted by Crippen LogP contribution is 2.39. The van der Waals surface area contributed by atoms with Crippen molar-refractivity contribution in [2.75, 3.05) is 0 Å². The summed E-state index contributed by atoms with van der Waals surface area (Å²) in [6.45, 7) is 1.75. The van der Waals surface area contributed by atoms with Gasteiger partial charge in [-0.1, -0.05) is 30.3 Å². The van der Waals surface area contributed by atoms with Gasteiger partial charge in [0.1, 0.15) is 5.82 Å². The molecule has 2 aromatic rings. The van der Waals surface area contributed by atoms with Crippen LogP contribution in [0.5, 0.6) is 0 Å². The van der Waals surface area contributed by atoms with Gasteiger partial charge in [0.2, 0.25) is 0 Å². The minimum Gasteiger partial charge on any atom is -0.267 e. The lowest BCUT2D eigenvalue weighted by atomic mass is 9.75. The lowest BCUT2D eigenvalue weighted by Gasteiger charge is -2.29. The van der Waals surface area contributed by atoms with Crippen LogP contribution < -0.4 is 10.6 Å². The Morgan fingerprint density at radius 1 is 0.958 bits per heavy atom. The van der Waals surface area contributed by atoms with Gasteiger partial charge >= 0.3 is 0 Å². The second-order valence-corrected chi connectivity index (χ2v) is 6.86. The van der Waals surface area contributed by atoms with Crippen LogP contribution in [-0.2, 0) is 4.79 Å². The molecule has 0 bridgehead atoms. The number of amides is 1. The van der Waals surface area contributed by atoms with Crippen molar-refractivity contribution >= 4 is 11.5 Å². The van der Waals surface area contributed by atoms with Crippen molar-refractivity contribution in [3.05, 3.63) is 70.0 Å². The zero-order valence-corrected chi connectivity index (χ0v) is 13.8. The number of nitrogens with zero attached hydrogens (tertiary/aromatic N) is 1. The average molecular weight is 321 g/mol. The molecule has 2 aromatic carbocycles. The van der Waals surface area contributed by atoms with E-state index in [0.717, 1.165) is 36.5 Å². The van der Waals surface area contributed by atoms with E-state index in [2.05, 4.69) is 29.3 Å². The van der Waals surface area contributed by atoms with Crippen molar-refractivity contribution in [1.82, 2.24) is 0 Å². The Kier molecular flexibility index (Phi) is 3.79. The molecule has 0 unspecified atom stereocenters. The second-order valence-electron chi connectivity index (χ2n) is 6.86. The number of carbonyl (C=O) groups is 1. The van der Waals surface area contributed by atoms with Crippen LogP contribution in [0, 0.1) is 18.7 Å². The summed E-state index contributed by atoms with van der Waals surface area (Å²) < 4.78 is 14.0. The van der Waals surface area contributed by atoms with Gasteiger partial charge in [0, 0.05) is 10.8 Å². The zero-order valence-electron chi connectivity index (χ0n) is 13.8. The summed E-state index contributed by atoms with van der Waals surface area (Å²) in [7, 11) is 0. The van der Waals surface area contributed by atoms with Crippen molar-refractivity contribution in [1.29, 1.82) is 0 Å². The summed E-state index contributed by atoms with van der Waals surface area (Å²) in [5.74, 6) is 0.337. The summed E-state index contributed by atoms with van der Waals surface area (Å²) in [6, 6.07) is 13.6. The lowest BCUT2D eigenvalue weighted by molar-refractivity contribution is -0.113. The number of hydrogen-bond acceptors (Lipinski definition) is 1. The molecule has 2 aliphatic rings. The Balaban J connectivity index is 1.65. The van der Waals surface area contributed by atoms with E-state index in [1.807, 2.05) is 6.07 Å². The third kappa shape index (κ3) is 2.48. The first-order chi connectivity index (χ1) is 11.6. The van der Waals surface area contributed by atoms with Gasteiger partial charge in [-0.15, -0.1) is 0 Å². The molecule has 122 valence electrons. The number of rotatable bonds is 2. The molecule has 0 aromatic heterocycles. The maximum Gasteiger partial charge on any atom is 0.274 e. The molecule has 0 saturated heterocycles. The van der Waals surface area contributed by atoms with E-state index in [0.29, 0.717) is 16.8 Å². The van der Waals surface area contributed by atoms with Crippen LogP contribution in [0.4, 0.5) is 4.39 Å². The van der Waals surface area contributed by atoms with Crippen LogP contribution in [0.15, 0.2) is 47.5 Å². The highest BCUT2D eigenvalue weighted by Gasteiger charge is 2.31. The van der Waals surface area contributed by atoms with Gasteiger partial charge in [-0.2, -0.15) is 0 Å². The fourth-order valence-corrected chi connectivity index (χ4v) is 4.20. The van der Waals surface area contributed by atoms with E-state index in [4.69, 9.17) is 0 Å². The Morgan fingerprint density at radius 3 is 2.33 bits per heavy atom. The van der Waals surface area contributed by atoms with Gasteiger partial charge in [-0.3, -0.25) is 4.79 Å². The normalized spacial score (nSPS) is 23.1. The Labute approximate surface area is 140 Å². The summed E-state index contributed by atoms with van der Waals surface area (Å²) in [6.07, 6.45) is 4.06. The van der Waals surface area contributed by atoms with Crippen molar-refractivity contribution in [3.63, 3.8) is 0 Å².